The van der Waals surface area contributed by atoms with Gasteiger partial charge >= 0.3 is 0 Å². The summed E-state index contributed by atoms with van der Waals surface area (Å²) in [6.45, 7) is 2.67. The SMILES string of the molecule is Cc1ccccc1CCNC(=O)CSc1nnc(Nc2cccc(F)c2)s1. The van der Waals surface area contributed by atoms with Gasteiger partial charge in [-0.2, -0.15) is 0 Å². The molecule has 0 atom stereocenters. The van der Waals surface area contributed by atoms with Gasteiger partial charge in [0, 0.05) is 12.2 Å². The fraction of sp³-hybridized carbons (Fsp3) is 0.211. The molecule has 0 saturated heterocycles. The molecule has 0 radical (unpaired) electrons. The summed E-state index contributed by atoms with van der Waals surface area (Å²) in [6.07, 6.45) is 0.809. The zero-order chi connectivity index (χ0) is 19.1. The topological polar surface area (TPSA) is 66.9 Å². The van der Waals surface area contributed by atoms with E-state index in [0.717, 1.165) is 6.42 Å². The van der Waals surface area contributed by atoms with Crippen LogP contribution in [0, 0.1) is 12.7 Å². The summed E-state index contributed by atoms with van der Waals surface area (Å²) in [5.74, 6) is -0.0764. The maximum Gasteiger partial charge on any atom is 0.230 e. The van der Waals surface area contributed by atoms with E-state index in [1.165, 1.54) is 46.4 Å². The number of nitrogens with one attached hydrogen (secondary N) is 2. The summed E-state index contributed by atoms with van der Waals surface area (Å²) < 4.78 is 13.9. The number of halogens is 1. The number of carbonyl (C=O) groups is 1. The number of hydrogen-bond acceptors (Lipinski definition) is 6. The Balaban J connectivity index is 1.41. The molecule has 1 amide bonds. The van der Waals surface area contributed by atoms with Crippen LogP contribution in [0.3, 0.4) is 0 Å². The van der Waals surface area contributed by atoms with E-state index in [-0.39, 0.29) is 17.5 Å². The van der Waals surface area contributed by atoms with Gasteiger partial charge in [0.1, 0.15) is 5.82 Å². The van der Waals surface area contributed by atoms with Crippen molar-refractivity contribution in [2.75, 3.05) is 17.6 Å². The highest BCUT2D eigenvalue weighted by molar-refractivity contribution is 8.01. The first-order valence-electron chi connectivity index (χ1n) is 8.40. The van der Waals surface area contributed by atoms with Crippen LogP contribution in [0.5, 0.6) is 0 Å². The van der Waals surface area contributed by atoms with Gasteiger partial charge in [0.05, 0.1) is 5.75 Å². The van der Waals surface area contributed by atoms with Crippen molar-refractivity contribution >= 4 is 39.8 Å². The van der Waals surface area contributed by atoms with Crippen molar-refractivity contribution in [1.29, 1.82) is 0 Å². The van der Waals surface area contributed by atoms with E-state index >= 15 is 0 Å². The number of hydrogen-bond donors (Lipinski definition) is 2. The molecule has 0 spiro atoms. The standard InChI is InChI=1S/C19H19FN4OS2/c1-13-5-2-3-6-14(13)9-10-21-17(25)12-26-19-24-23-18(27-19)22-16-8-4-7-15(20)11-16/h2-8,11H,9-10,12H2,1H3,(H,21,25)(H,22,23). The number of aromatic nitrogens is 2. The highest BCUT2D eigenvalue weighted by Crippen LogP contribution is 2.27. The second-order valence-corrected chi connectivity index (χ2v) is 8.02. The lowest BCUT2D eigenvalue weighted by atomic mass is 10.1. The minimum Gasteiger partial charge on any atom is -0.355 e. The monoisotopic (exact) mass is 402 g/mol. The van der Waals surface area contributed by atoms with E-state index in [1.807, 2.05) is 12.1 Å². The number of anilines is 2. The minimum atomic E-state index is -0.318. The van der Waals surface area contributed by atoms with E-state index in [4.69, 9.17) is 0 Å². The second kappa shape index (κ2) is 9.48. The van der Waals surface area contributed by atoms with Crippen LogP contribution in [-0.2, 0) is 11.2 Å². The highest BCUT2D eigenvalue weighted by atomic mass is 32.2. The molecule has 0 bridgehead atoms. The van der Waals surface area contributed by atoms with Crippen LogP contribution >= 0.6 is 23.1 Å². The Morgan fingerprint density at radius 3 is 2.85 bits per heavy atom. The van der Waals surface area contributed by atoms with E-state index in [2.05, 4.69) is 39.9 Å². The lowest BCUT2D eigenvalue weighted by Gasteiger charge is -2.06. The van der Waals surface area contributed by atoms with E-state index in [0.29, 0.717) is 21.7 Å². The molecule has 0 unspecified atom stereocenters. The Labute approximate surface area is 165 Å². The molecule has 0 aliphatic carbocycles. The van der Waals surface area contributed by atoms with Gasteiger partial charge in [-0.05, 0) is 42.7 Å². The van der Waals surface area contributed by atoms with Crippen molar-refractivity contribution in [1.82, 2.24) is 15.5 Å². The first kappa shape index (κ1) is 19.3. The Kier molecular flexibility index (Phi) is 6.78. The Bertz CT molecular complexity index is 916. The molecule has 3 rings (SSSR count). The molecular weight excluding hydrogens is 383 g/mol. The zero-order valence-electron chi connectivity index (χ0n) is 14.7. The highest BCUT2D eigenvalue weighted by Gasteiger charge is 2.09. The molecule has 0 aliphatic rings. The molecular formula is C19H19FN4OS2. The van der Waals surface area contributed by atoms with Crippen molar-refractivity contribution in [2.24, 2.45) is 0 Å². The summed E-state index contributed by atoms with van der Waals surface area (Å²) in [6, 6.07) is 14.3. The third-order valence-corrected chi connectivity index (χ3v) is 5.76. The van der Waals surface area contributed by atoms with Crippen LogP contribution in [0.2, 0.25) is 0 Å². The molecule has 3 aromatic rings. The van der Waals surface area contributed by atoms with Gasteiger partial charge in [0.2, 0.25) is 11.0 Å². The average molecular weight is 403 g/mol. The average Bonchev–Trinajstić information content (AvgIpc) is 3.09. The smallest absolute Gasteiger partial charge is 0.230 e. The zero-order valence-corrected chi connectivity index (χ0v) is 16.4. The van der Waals surface area contributed by atoms with Gasteiger partial charge in [0.25, 0.3) is 0 Å². The lowest BCUT2D eigenvalue weighted by molar-refractivity contribution is -0.118. The Morgan fingerprint density at radius 2 is 2.04 bits per heavy atom. The molecule has 5 nitrogen and oxygen atoms in total. The second-order valence-electron chi connectivity index (χ2n) is 5.82. The Morgan fingerprint density at radius 1 is 1.19 bits per heavy atom. The van der Waals surface area contributed by atoms with Gasteiger partial charge < -0.3 is 10.6 Å². The maximum absolute atomic E-state index is 13.2. The third kappa shape index (κ3) is 6.04. The van der Waals surface area contributed by atoms with Crippen molar-refractivity contribution in [3.63, 3.8) is 0 Å². The summed E-state index contributed by atoms with van der Waals surface area (Å²) in [5, 5.41) is 14.5. The number of nitrogens with zero attached hydrogens (tertiary/aromatic N) is 2. The number of thioether (sulfide) groups is 1. The third-order valence-electron chi connectivity index (χ3n) is 3.79. The summed E-state index contributed by atoms with van der Waals surface area (Å²) in [5.41, 5.74) is 3.08. The molecule has 1 aromatic heterocycles. The maximum atomic E-state index is 13.2. The number of benzene rings is 2. The molecule has 2 N–H and O–H groups in total. The summed E-state index contributed by atoms with van der Waals surface area (Å²) >= 11 is 2.66. The van der Waals surface area contributed by atoms with Gasteiger partial charge in [-0.25, -0.2) is 4.39 Å². The normalized spacial score (nSPS) is 10.6. The predicted octanol–water partition coefficient (Wildman–Crippen LogP) is 4.18. The molecule has 27 heavy (non-hydrogen) atoms. The van der Waals surface area contributed by atoms with E-state index in [9.17, 15) is 9.18 Å². The van der Waals surface area contributed by atoms with Crippen LogP contribution < -0.4 is 10.6 Å². The van der Waals surface area contributed by atoms with Gasteiger partial charge in [-0.1, -0.05) is 53.4 Å². The molecule has 8 heteroatoms. The van der Waals surface area contributed by atoms with Crippen molar-refractivity contribution < 1.29 is 9.18 Å². The van der Waals surface area contributed by atoms with Gasteiger partial charge in [-0.15, -0.1) is 10.2 Å². The van der Waals surface area contributed by atoms with E-state index in [1.54, 1.807) is 12.1 Å². The largest absolute Gasteiger partial charge is 0.355 e. The quantitative estimate of drug-likeness (QED) is 0.553. The Hall–Kier alpha value is -2.45. The fourth-order valence-corrected chi connectivity index (χ4v) is 4.02. The number of aryl methyl sites for hydroxylation is 1. The lowest BCUT2D eigenvalue weighted by Crippen LogP contribution is -2.27. The summed E-state index contributed by atoms with van der Waals surface area (Å²) in [7, 11) is 0. The molecule has 2 aromatic carbocycles. The number of amides is 1. The fourth-order valence-electron chi connectivity index (χ4n) is 2.41. The van der Waals surface area contributed by atoms with Crippen LogP contribution in [0.1, 0.15) is 11.1 Å². The molecule has 1 heterocycles. The molecule has 0 aliphatic heterocycles. The first-order chi connectivity index (χ1) is 13.1. The predicted molar refractivity (Wildman–Crippen MR) is 108 cm³/mol. The van der Waals surface area contributed by atoms with Gasteiger partial charge in [0.15, 0.2) is 4.34 Å². The van der Waals surface area contributed by atoms with E-state index < -0.39 is 0 Å². The first-order valence-corrected chi connectivity index (χ1v) is 10.2. The van der Waals surface area contributed by atoms with Gasteiger partial charge in [-0.3, -0.25) is 4.79 Å². The molecule has 0 fully saturated rings. The van der Waals surface area contributed by atoms with Crippen LogP contribution in [0.15, 0.2) is 52.9 Å². The van der Waals surface area contributed by atoms with Crippen molar-refractivity contribution in [3.8, 4) is 0 Å². The van der Waals surface area contributed by atoms with Crippen LogP contribution in [0.25, 0.3) is 0 Å². The van der Waals surface area contributed by atoms with Crippen molar-refractivity contribution in [3.05, 3.63) is 65.5 Å². The van der Waals surface area contributed by atoms with Crippen molar-refractivity contribution in [2.45, 2.75) is 17.7 Å². The minimum absolute atomic E-state index is 0.0385. The molecule has 140 valence electrons. The van der Waals surface area contributed by atoms with Crippen LogP contribution in [0.4, 0.5) is 15.2 Å². The summed E-state index contributed by atoms with van der Waals surface area (Å²) in [4.78, 5) is 12.0. The van der Waals surface area contributed by atoms with Crippen LogP contribution in [-0.4, -0.2) is 28.4 Å². The number of rotatable bonds is 8. The number of carbonyl (C=O) groups excluding carboxylic acids is 1. The molecule has 0 saturated carbocycles.